The smallest absolute Gasteiger partial charge is 0.387 e. The molecule has 4 rings (SSSR count). The fraction of sp³-hybridized carbons (Fsp3) is 0.118. The zero-order valence-corrected chi connectivity index (χ0v) is 13.2. The Balaban J connectivity index is 1.81. The molecule has 1 aromatic heterocycles. The predicted octanol–water partition coefficient (Wildman–Crippen LogP) is 3.47. The summed E-state index contributed by atoms with van der Waals surface area (Å²) < 4.78 is 44.8. The molecule has 0 radical (unpaired) electrons. The van der Waals surface area contributed by atoms with Crippen molar-refractivity contribution in [3.05, 3.63) is 71.6 Å². The van der Waals surface area contributed by atoms with Crippen LogP contribution in [0.1, 0.15) is 17.2 Å². The van der Waals surface area contributed by atoms with Gasteiger partial charge in [-0.05, 0) is 52.4 Å². The monoisotopic (exact) mass is 359 g/mol. The third-order valence-electron chi connectivity index (χ3n) is 3.94. The van der Waals surface area contributed by atoms with Crippen LogP contribution in [0.4, 0.5) is 19.1 Å². The summed E-state index contributed by atoms with van der Waals surface area (Å²) in [6.07, 6.45) is 1.77. The molecule has 1 atom stereocenters. The molecule has 132 valence electrons. The Labute approximate surface area is 145 Å². The number of aromatic nitrogens is 4. The number of alkyl halides is 2. The number of hydrogen-bond donors (Lipinski definition) is 1. The van der Waals surface area contributed by atoms with E-state index in [0.717, 1.165) is 0 Å². The fourth-order valence-corrected chi connectivity index (χ4v) is 2.80. The van der Waals surface area contributed by atoms with Gasteiger partial charge in [0.1, 0.15) is 17.6 Å². The SMILES string of the molecule is Fc1ccc(C2=C[C@H](c3ccccc3OC(F)F)n3nnnc3N2)cc1. The van der Waals surface area contributed by atoms with Gasteiger partial charge in [-0.1, -0.05) is 23.3 Å². The summed E-state index contributed by atoms with van der Waals surface area (Å²) in [6.45, 7) is -2.95. The summed E-state index contributed by atoms with van der Waals surface area (Å²) in [5.74, 6) is 0.0106. The lowest BCUT2D eigenvalue weighted by atomic mass is 10.0. The van der Waals surface area contributed by atoms with Crippen LogP contribution < -0.4 is 10.1 Å². The van der Waals surface area contributed by atoms with E-state index in [2.05, 4.69) is 25.6 Å². The first-order chi connectivity index (χ1) is 12.6. The van der Waals surface area contributed by atoms with E-state index < -0.39 is 12.7 Å². The lowest BCUT2D eigenvalue weighted by molar-refractivity contribution is -0.0506. The van der Waals surface area contributed by atoms with Gasteiger partial charge in [-0.3, -0.25) is 0 Å². The number of rotatable bonds is 4. The van der Waals surface area contributed by atoms with Crippen LogP contribution in [0, 0.1) is 5.82 Å². The Morgan fingerprint density at radius 1 is 1.08 bits per heavy atom. The number of para-hydroxylation sites is 1. The maximum Gasteiger partial charge on any atom is 0.387 e. The number of tetrazole rings is 1. The summed E-state index contributed by atoms with van der Waals surface area (Å²) in [5, 5.41) is 14.5. The molecule has 6 nitrogen and oxygen atoms in total. The fourth-order valence-electron chi connectivity index (χ4n) is 2.80. The molecular weight excluding hydrogens is 347 g/mol. The summed E-state index contributed by atoms with van der Waals surface area (Å²) in [7, 11) is 0. The highest BCUT2D eigenvalue weighted by Gasteiger charge is 2.27. The summed E-state index contributed by atoms with van der Waals surface area (Å²) in [4.78, 5) is 0. The molecule has 0 bridgehead atoms. The van der Waals surface area contributed by atoms with Crippen molar-refractivity contribution in [3.8, 4) is 5.75 Å². The van der Waals surface area contributed by atoms with E-state index >= 15 is 0 Å². The van der Waals surface area contributed by atoms with Crippen LogP contribution in [0.25, 0.3) is 5.70 Å². The Kier molecular flexibility index (Phi) is 4.04. The van der Waals surface area contributed by atoms with Gasteiger partial charge in [-0.25, -0.2) is 4.39 Å². The maximum absolute atomic E-state index is 13.2. The quantitative estimate of drug-likeness (QED) is 0.773. The highest BCUT2D eigenvalue weighted by molar-refractivity contribution is 5.77. The first kappa shape index (κ1) is 16.1. The van der Waals surface area contributed by atoms with Gasteiger partial charge < -0.3 is 10.1 Å². The number of ether oxygens (including phenoxy) is 1. The van der Waals surface area contributed by atoms with Gasteiger partial charge in [0.05, 0.1) is 0 Å². The zero-order chi connectivity index (χ0) is 18.1. The van der Waals surface area contributed by atoms with E-state index in [1.165, 1.54) is 22.9 Å². The molecule has 0 saturated heterocycles. The molecule has 0 unspecified atom stereocenters. The van der Waals surface area contributed by atoms with Crippen LogP contribution in [-0.4, -0.2) is 26.8 Å². The minimum Gasteiger partial charge on any atom is -0.434 e. The molecule has 3 aromatic rings. The van der Waals surface area contributed by atoms with Crippen molar-refractivity contribution in [1.82, 2.24) is 20.2 Å². The van der Waals surface area contributed by atoms with Crippen LogP contribution in [-0.2, 0) is 0 Å². The number of fused-ring (bicyclic) bond motifs is 1. The lowest BCUT2D eigenvalue weighted by Gasteiger charge is -2.24. The zero-order valence-electron chi connectivity index (χ0n) is 13.2. The Bertz CT molecular complexity index is 955. The van der Waals surface area contributed by atoms with Crippen molar-refractivity contribution < 1.29 is 17.9 Å². The molecular formula is C17H12F3N5O. The molecule has 1 N–H and O–H groups in total. The largest absolute Gasteiger partial charge is 0.434 e. The molecule has 0 saturated carbocycles. The number of hydrogen-bond acceptors (Lipinski definition) is 5. The molecule has 2 aromatic carbocycles. The standard InChI is InChI=1S/C17H12F3N5O/c18-11-7-5-10(6-8-11)13-9-14(25-17(21-13)22-23-24-25)12-3-1-2-4-15(12)26-16(19)20/h1-9,14,16H,(H,21,22,24)/t14-/m1/s1. The maximum atomic E-state index is 13.2. The number of halogens is 3. The third-order valence-corrected chi connectivity index (χ3v) is 3.94. The van der Waals surface area contributed by atoms with Crippen LogP contribution in [0.2, 0.25) is 0 Å². The Morgan fingerprint density at radius 2 is 1.85 bits per heavy atom. The second-order valence-corrected chi connectivity index (χ2v) is 5.52. The first-order valence-electron chi connectivity index (χ1n) is 7.68. The minimum atomic E-state index is -2.95. The number of nitrogens with one attached hydrogen (secondary N) is 1. The molecule has 0 aliphatic carbocycles. The highest BCUT2D eigenvalue weighted by atomic mass is 19.3. The van der Waals surface area contributed by atoms with Gasteiger partial charge in [-0.2, -0.15) is 13.5 Å². The van der Waals surface area contributed by atoms with Crippen LogP contribution >= 0.6 is 0 Å². The minimum absolute atomic E-state index is 0.0329. The number of nitrogens with zero attached hydrogens (tertiary/aromatic N) is 4. The van der Waals surface area contributed by atoms with Gasteiger partial charge >= 0.3 is 6.61 Å². The summed E-state index contributed by atoms with van der Waals surface area (Å²) in [5.41, 5.74) is 1.81. The van der Waals surface area contributed by atoms with Gasteiger partial charge in [-0.15, -0.1) is 0 Å². The molecule has 0 fully saturated rings. The van der Waals surface area contributed by atoms with Crippen LogP contribution in [0.5, 0.6) is 5.75 Å². The van der Waals surface area contributed by atoms with E-state index in [9.17, 15) is 13.2 Å². The predicted molar refractivity (Wildman–Crippen MR) is 87.0 cm³/mol. The second kappa shape index (κ2) is 6.51. The molecule has 1 aliphatic heterocycles. The van der Waals surface area contributed by atoms with E-state index in [1.54, 1.807) is 36.4 Å². The van der Waals surface area contributed by atoms with E-state index in [1.807, 2.05) is 0 Å². The molecule has 0 amide bonds. The van der Waals surface area contributed by atoms with Crippen molar-refractivity contribution in [2.24, 2.45) is 0 Å². The van der Waals surface area contributed by atoms with Crippen LogP contribution in [0.15, 0.2) is 54.6 Å². The van der Waals surface area contributed by atoms with Gasteiger partial charge in [0.2, 0.25) is 5.95 Å². The average Bonchev–Trinajstić information content (AvgIpc) is 3.10. The summed E-state index contributed by atoms with van der Waals surface area (Å²) in [6, 6.07) is 11.7. The number of anilines is 1. The Hall–Kier alpha value is -3.36. The average molecular weight is 359 g/mol. The topological polar surface area (TPSA) is 64.9 Å². The van der Waals surface area contributed by atoms with Gasteiger partial charge in [0, 0.05) is 11.3 Å². The van der Waals surface area contributed by atoms with Crippen molar-refractivity contribution in [3.63, 3.8) is 0 Å². The van der Waals surface area contributed by atoms with E-state index in [-0.39, 0.29) is 11.6 Å². The molecule has 0 spiro atoms. The van der Waals surface area contributed by atoms with Crippen LogP contribution in [0.3, 0.4) is 0 Å². The van der Waals surface area contributed by atoms with Crippen molar-refractivity contribution in [2.75, 3.05) is 5.32 Å². The van der Waals surface area contributed by atoms with Crippen molar-refractivity contribution >= 4 is 11.6 Å². The molecule has 1 aliphatic rings. The molecule has 26 heavy (non-hydrogen) atoms. The molecule has 9 heteroatoms. The summed E-state index contributed by atoms with van der Waals surface area (Å²) >= 11 is 0. The number of allylic oxidation sites excluding steroid dienone is 1. The lowest BCUT2D eigenvalue weighted by Crippen LogP contribution is -2.21. The van der Waals surface area contributed by atoms with E-state index in [4.69, 9.17) is 0 Å². The second-order valence-electron chi connectivity index (χ2n) is 5.52. The third kappa shape index (κ3) is 2.99. The van der Waals surface area contributed by atoms with E-state index in [0.29, 0.717) is 22.8 Å². The van der Waals surface area contributed by atoms with Gasteiger partial charge in [0.15, 0.2) is 0 Å². The first-order valence-corrected chi connectivity index (χ1v) is 7.68. The number of benzene rings is 2. The normalized spacial score (nSPS) is 16.0. The molecule has 2 heterocycles. The highest BCUT2D eigenvalue weighted by Crippen LogP contribution is 2.36. The van der Waals surface area contributed by atoms with Gasteiger partial charge in [0.25, 0.3) is 0 Å². The van der Waals surface area contributed by atoms with Crippen molar-refractivity contribution in [1.29, 1.82) is 0 Å². The Morgan fingerprint density at radius 3 is 2.62 bits per heavy atom. The van der Waals surface area contributed by atoms with Crippen molar-refractivity contribution in [2.45, 2.75) is 12.7 Å².